The molecule has 0 amide bonds. The van der Waals surface area contributed by atoms with E-state index < -0.39 is 18.0 Å². The van der Waals surface area contributed by atoms with Crippen molar-refractivity contribution < 1.29 is 14.6 Å². The van der Waals surface area contributed by atoms with Crippen LogP contribution < -0.4 is 11.5 Å². The molecule has 0 saturated carbocycles. The van der Waals surface area contributed by atoms with E-state index in [1.54, 1.807) is 0 Å². The van der Waals surface area contributed by atoms with Crippen LogP contribution in [0.5, 0.6) is 0 Å². The number of anilines is 1. The smallest absolute Gasteiger partial charge is 0.146 e. The van der Waals surface area contributed by atoms with Crippen LogP contribution >= 0.6 is 0 Å². The molecule has 0 saturated heterocycles. The quantitative estimate of drug-likeness (QED) is 0.537. The van der Waals surface area contributed by atoms with Crippen molar-refractivity contribution in [2.45, 2.75) is 18.6 Å². The minimum Gasteiger partial charge on any atom is -0.396 e. The maximum atomic E-state index is 13.0. The number of rotatable bonds is 4. The maximum Gasteiger partial charge on any atom is 0.146 e. The maximum absolute atomic E-state index is 13.0. The molecule has 1 aromatic rings. The molecule has 4 nitrogen and oxygen atoms in total. The summed E-state index contributed by atoms with van der Waals surface area (Å²) >= 11 is 0. The van der Waals surface area contributed by atoms with Crippen molar-refractivity contribution in [3.05, 3.63) is 29.6 Å². The van der Waals surface area contributed by atoms with Crippen LogP contribution in [0.2, 0.25) is 0 Å². The van der Waals surface area contributed by atoms with Crippen molar-refractivity contribution in [3.8, 4) is 0 Å². The molecule has 0 radical (unpaired) electrons. The molecule has 0 aliphatic carbocycles. The van der Waals surface area contributed by atoms with Gasteiger partial charge in [0, 0.05) is 0 Å². The van der Waals surface area contributed by atoms with Gasteiger partial charge in [0.05, 0.1) is 11.8 Å². The molecule has 6 N–H and O–H groups in total. The number of hydrogen-bond donors (Lipinski definition) is 4. The Kier molecular flexibility index (Phi) is 4.02. The van der Waals surface area contributed by atoms with E-state index in [-0.39, 0.29) is 18.7 Å². The van der Waals surface area contributed by atoms with Crippen LogP contribution in [0, 0.1) is 5.82 Å². The molecule has 0 fully saturated rings. The lowest BCUT2D eigenvalue weighted by Crippen LogP contribution is -2.21. The molecule has 0 aliphatic rings. The molecule has 5 heteroatoms. The van der Waals surface area contributed by atoms with Crippen molar-refractivity contribution in [1.29, 1.82) is 0 Å². The number of aliphatic hydroxyl groups is 2. The SMILES string of the molecule is NCCC(O)C(O)c1ccc(N)c(F)c1. The standard InChI is InChI=1S/C10H15FN2O2/c11-7-5-6(1-2-8(7)13)10(15)9(14)3-4-12/h1-2,5,9-10,14-15H,3-4,12-13H2. The van der Waals surface area contributed by atoms with Crippen LogP contribution in [0.15, 0.2) is 18.2 Å². The highest BCUT2D eigenvalue weighted by molar-refractivity contribution is 5.41. The summed E-state index contributed by atoms with van der Waals surface area (Å²) in [5.74, 6) is -0.605. The Hall–Kier alpha value is -1.17. The number of nitrogens with two attached hydrogens (primary N) is 2. The molecule has 15 heavy (non-hydrogen) atoms. The van der Waals surface area contributed by atoms with Crippen LogP contribution in [-0.4, -0.2) is 22.9 Å². The fraction of sp³-hybridized carbons (Fsp3) is 0.400. The summed E-state index contributed by atoms with van der Waals surface area (Å²) in [7, 11) is 0. The van der Waals surface area contributed by atoms with Gasteiger partial charge in [-0.3, -0.25) is 0 Å². The van der Waals surface area contributed by atoms with Crippen LogP contribution in [0.3, 0.4) is 0 Å². The van der Waals surface area contributed by atoms with Gasteiger partial charge in [0.2, 0.25) is 0 Å². The van der Waals surface area contributed by atoms with Crippen LogP contribution in [-0.2, 0) is 0 Å². The summed E-state index contributed by atoms with van der Waals surface area (Å²) < 4.78 is 13.0. The molecular weight excluding hydrogens is 199 g/mol. The minimum atomic E-state index is -1.14. The molecule has 0 heterocycles. The van der Waals surface area contributed by atoms with E-state index in [2.05, 4.69) is 0 Å². The summed E-state index contributed by atoms with van der Waals surface area (Å²) in [4.78, 5) is 0. The summed E-state index contributed by atoms with van der Waals surface area (Å²) in [5.41, 5.74) is 10.8. The van der Waals surface area contributed by atoms with E-state index in [0.29, 0.717) is 5.56 Å². The van der Waals surface area contributed by atoms with Gasteiger partial charge >= 0.3 is 0 Å². The summed E-state index contributed by atoms with van der Waals surface area (Å²) in [6.07, 6.45) is -1.87. The van der Waals surface area contributed by atoms with Crippen molar-refractivity contribution >= 4 is 5.69 Å². The zero-order chi connectivity index (χ0) is 11.4. The fourth-order valence-electron chi connectivity index (χ4n) is 1.28. The highest BCUT2D eigenvalue weighted by Crippen LogP contribution is 2.21. The molecule has 1 rings (SSSR count). The lowest BCUT2D eigenvalue weighted by atomic mass is 10.0. The first-order chi connectivity index (χ1) is 7.06. The Morgan fingerprint density at radius 3 is 2.53 bits per heavy atom. The molecule has 0 bridgehead atoms. The number of aliphatic hydroxyl groups excluding tert-OH is 2. The van der Waals surface area contributed by atoms with Crippen molar-refractivity contribution in [3.63, 3.8) is 0 Å². The lowest BCUT2D eigenvalue weighted by Gasteiger charge is -2.17. The molecular formula is C10H15FN2O2. The van der Waals surface area contributed by atoms with Gasteiger partial charge in [0.1, 0.15) is 11.9 Å². The van der Waals surface area contributed by atoms with Gasteiger partial charge in [0.15, 0.2) is 0 Å². The number of hydrogen-bond acceptors (Lipinski definition) is 4. The van der Waals surface area contributed by atoms with Gasteiger partial charge in [-0.1, -0.05) is 6.07 Å². The number of halogens is 1. The highest BCUT2D eigenvalue weighted by atomic mass is 19.1. The Morgan fingerprint density at radius 1 is 1.33 bits per heavy atom. The molecule has 2 atom stereocenters. The van der Waals surface area contributed by atoms with Crippen molar-refractivity contribution in [2.24, 2.45) is 5.73 Å². The Balaban J connectivity index is 2.81. The molecule has 2 unspecified atom stereocenters. The Morgan fingerprint density at radius 2 is 2.00 bits per heavy atom. The lowest BCUT2D eigenvalue weighted by molar-refractivity contribution is 0.0149. The van der Waals surface area contributed by atoms with Gasteiger partial charge in [-0.05, 0) is 30.7 Å². The largest absolute Gasteiger partial charge is 0.396 e. The van der Waals surface area contributed by atoms with E-state index >= 15 is 0 Å². The third-order valence-electron chi connectivity index (χ3n) is 2.19. The monoisotopic (exact) mass is 214 g/mol. The molecule has 0 aromatic heterocycles. The zero-order valence-corrected chi connectivity index (χ0v) is 8.23. The fourth-order valence-corrected chi connectivity index (χ4v) is 1.28. The second-order valence-corrected chi connectivity index (χ2v) is 3.37. The normalized spacial score (nSPS) is 14.9. The first-order valence-corrected chi connectivity index (χ1v) is 4.67. The van der Waals surface area contributed by atoms with E-state index in [1.165, 1.54) is 12.1 Å². The first kappa shape index (κ1) is 11.9. The zero-order valence-electron chi connectivity index (χ0n) is 8.23. The topological polar surface area (TPSA) is 92.5 Å². The minimum absolute atomic E-state index is 0.0132. The molecule has 0 spiro atoms. The Labute approximate surface area is 87.3 Å². The van der Waals surface area contributed by atoms with Gasteiger partial charge < -0.3 is 21.7 Å². The van der Waals surface area contributed by atoms with Gasteiger partial charge in [0.25, 0.3) is 0 Å². The first-order valence-electron chi connectivity index (χ1n) is 4.67. The second kappa shape index (κ2) is 5.06. The third kappa shape index (κ3) is 2.89. The Bertz CT molecular complexity index is 333. The van der Waals surface area contributed by atoms with Crippen molar-refractivity contribution in [1.82, 2.24) is 0 Å². The van der Waals surface area contributed by atoms with E-state index in [1.807, 2.05) is 0 Å². The van der Waals surface area contributed by atoms with Crippen LogP contribution in [0.25, 0.3) is 0 Å². The van der Waals surface area contributed by atoms with E-state index in [4.69, 9.17) is 11.5 Å². The summed E-state index contributed by atoms with van der Waals surface area (Å²) in [6.45, 7) is 0.260. The summed E-state index contributed by atoms with van der Waals surface area (Å²) in [6, 6.07) is 3.94. The van der Waals surface area contributed by atoms with Gasteiger partial charge in [-0.15, -0.1) is 0 Å². The van der Waals surface area contributed by atoms with Crippen LogP contribution in [0.1, 0.15) is 18.1 Å². The predicted molar refractivity (Wildman–Crippen MR) is 55.5 cm³/mol. The molecule has 1 aromatic carbocycles. The van der Waals surface area contributed by atoms with Crippen molar-refractivity contribution in [2.75, 3.05) is 12.3 Å². The average Bonchev–Trinajstić information content (AvgIpc) is 2.21. The van der Waals surface area contributed by atoms with E-state index in [9.17, 15) is 14.6 Å². The highest BCUT2D eigenvalue weighted by Gasteiger charge is 2.18. The van der Waals surface area contributed by atoms with Gasteiger partial charge in [-0.25, -0.2) is 4.39 Å². The number of nitrogen functional groups attached to an aromatic ring is 1. The average molecular weight is 214 g/mol. The molecule has 0 aliphatic heterocycles. The number of benzene rings is 1. The summed E-state index contributed by atoms with van der Waals surface area (Å²) in [5, 5.41) is 19.1. The second-order valence-electron chi connectivity index (χ2n) is 3.37. The van der Waals surface area contributed by atoms with E-state index in [0.717, 1.165) is 6.07 Å². The predicted octanol–water partition coefficient (Wildman–Crippen LogP) is 0.151. The third-order valence-corrected chi connectivity index (χ3v) is 2.19. The molecule has 84 valence electrons. The van der Waals surface area contributed by atoms with Gasteiger partial charge in [-0.2, -0.15) is 0 Å². The van der Waals surface area contributed by atoms with Crippen LogP contribution in [0.4, 0.5) is 10.1 Å².